The third-order valence-electron chi connectivity index (χ3n) is 5.85. The number of hydrogen-bond acceptors (Lipinski definition) is 2. The average molecular weight is 235 g/mol. The van der Waals surface area contributed by atoms with Crippen LogP contribution in [0.5, 0.6) is 0 Å². The van der Waals surface area contributed by atoms with E-state index in [2.05, 4.69) is 26.8 Å². The third kappa shape index (κ3) is 1.80. The molecule has 2 unspecified atom stereocenters. The molecule has 0 saturated heterocycles. The first-order valence-corrected chi connectivity index (χ1v) is 7.07. The summed E-state index contributed by atoms with van der Waals surface area (Å²) in [5, 5.41) is 19.7. The topological polar surface area (TPSA) is 44.0 Å². The fourth-order valence-electron chi connectivity index (χ4n) is 4.60. The van der Waals surface area contributed by atoms with Crippen molar-refractivity contribution in [3.05, 3.63) is 0 Å². The second-order valence-electron chi connectivity index (χ2n) is 6.58. The molecule has 5 atom stereocenters. The van der Waals surface area contributed by atoms with Gasteiger partial charge in [0.2, 0.25) is 0 Å². The van der Waals surface area contributed by atoms with Crippen LogP contribution in [-0.2, 0) is 0 Å². The van der Waals surface area contributed by atoms with Crippen LogP contribution in [0.3, 0.4) is 0 Å². The molecule has 1 N–H and O–H groups in total. The van der Waals surface area contributed by atoms with Crippen molar-refractivity contribution in [3.63, 3.8) is 0 Å². The molecule has 2 saturated carbocycles. The maximum atomic E-state index is 10.2. The molecular weight excluding hydrogens is 210 g/mol. The Hall–Kier alpha value is -0.550. The van der Waals surface area contributed by atoms with Gasteiger partial charge in [-0.15, -0.1) is 0 Å². The molecule has 2 rings (SSSR count). The van der Waals surface area contributed by atoms with E-state index in [0.717, 1.165) is 32.1 Å². The van der Waals surface area contributed by atoms with Gasteiger partial charge >= 0.3 is 0 Å². The van der Waals surface area contributed by atoms with Crippen LogP contribution < -0.4 is 0 Å². The van der Waals surface area contributed by atoms with Crippen molar-refractivity contribution in [2.24, 2.45) is 22.7 Å². The van der Waals surface area contributed by atoms with E-state index in [0.29, 0.717) is 11.8 Å². The number of fused-ring (bicyclic) bond motifs is 1. The van der Waals surface area contributed by atoms with Crippen molar-refractivity contribution in [2.45, 2.75) is 65.4 Å². The van der Waals surface area contributed by atoms with Crippen molar-refractivity contribution in [1.29, 1.82) is 5.26 Å². The molecule has 0 aromatic heterocycles. The molecule has 96 valence electrons. The number of hydrogen-bond donors (Lipinski definition) is 1. The zero-order valence-corrected chi connectivity index (χ0v) is 11.4. The van der Waals surface area contributed by atoms with Gasteiger partial charge in [0.25, 0.3) is 0 Å². The largest absolute Gasteiger partial charge is 0.393 e. The fraction of sp³-hybridized carbons (Fsp3) is 0.933. The van der Waals surface area contributed by atoms with E-state index < -0.39 is 0 Å². The maximum absolute atomic E-state index is 10.2. The lowest BCUT2D eigenvalue weighted by molar-refractivity contribution is -0.0369. The zero-order chi connectivity index (χ0) is 12.7. The highest BCUT2D eigenvalue weighted by Gasteiger charge is 2.56. The van der Waals surface area contributed by atoms with Gasteiger partial charge in [-0.3, -0.25) is 0 Å². The van der Waals surface area contributed by atoms with Gasteiger partial charge < -0.3 is 5.11 Å². The summed E-state index contributed by atoms with van der Waals surface area (Å²) in [6, 6.07) is 2.56. The van der Waals surface area contributed by atoms with Gasteiger partial charge in [0.15, 0.2) is 0 Å². The Labute approximate surface area is 105 Å². The molecular formula is C15H25NO. The highest BCUT2D eigenvalue weighted by atomic mass is 16.3. The van der Waals surface area contributed by atoms with Crippen molar-refractivity contribution in [3.8, 4) is 6.07 Å². The number of nitrogens with zero attached hydrogens (tertiary/aromatic N) is 1. The second kappa shape index (κ2) is 4.28. The molecule has 0 spiro atoms. The second-order valence-corrected chi connectivity index (χ2v) is 6.58. The van der Waals surface area contributed by atoms with E-state index in [1.165, 1.54) is 6.42 Å². The average Bonchev–Trinajstić information content (AvgIpc) is 2.67. The number of aliphatic hydroxyl groups excluding tert-OH is 1. The van der Waals surface area contributed by atoms with Gasteiger partial charge in [-0.2, -0.15) is 5.26 Å². The Morgan fingerprint density at radius 1 is 1.41 bits per heavy atom. The molecule has 0 amide bonds. The summed E-state index contributed by atoms with van der Waals surface area (Å²) in [6.07, 6.45) is 6.30. The summed E-state index contributed by atoms with van der Waals surface area (Å²) < 4.78 is 0. The van der Waals surface area contributed by atoms with Crippen LogP contribution in [-0.4, -0.2) is 11.2 Å². The van der Waals surface area contributed by atoms with Gasteiger partial charge in [-0.25, -0.2) is 0 Å². The minimum atomic E-state index is -0.208. The maximum Gasteiger partial charge on any atom is 0.0689 e. The van der Waals surface area contributed by atoms with Gasteiger partial charge in [0.1, 0.15) is 0 Å². The Balaban J connectivity index is 2.30. The van der Waals surface area contributed by atoms with E-state index in [4.69, 9.17) is 0 Å². The molecule has 0 bridgehead atoms. The molecule has 2 heteroatoms. The first-order valence-electron chi connectivity index (χ1n) is 7.07. The van der Waals surface area contributed by atoms with Crippen LogP contribution in [0.15, 0.2) is 0 Å². The Morgan fingerprint density at radius 2 is 2.12 bits per heavy atom. The summed E-state index contributed by atoms with van der Waals surface area (Å²) >= 11 is 0. The highest BCUT2D eigenvalue weighted by molar-refractivity contribution is 5.11. The van der Waals surface area contributed by atoms with Gasteiger partial charge in [-0.1, -0.05) is 20.3 Å². The van der Waals surface area contributed by atoms with Crippen LogP contribution in [0.4, 0.5) is 0 Å². The zero-order valence-electron chi connectivity index (χ0n) is 11.4. The normalized spacial score (nSPS) is 44.8. The lowest BCUT2D eigenvalue weighted by Crippen LogP contribution is -2.44. The Kier molecular flexibility index (Phi) is 3.25. The smallest absolute Gasteiger partial charge is 0.0689 e. The highest BCUT2D eigenvalue weighted by Crippen LogP contribution is 2.61. The summed E-state index contributed by atoms with van der Waals surface area (Å²) in [7, 11) is 0. The molecule has 17 heavy (non-hydrogen) atoms. The van der Waals surface area contributed by atoms with E-state index >= 15 is 0 Å². The van der Waals surface area contributed by atoms with Crippen LogP contribution in [0.25, 0.3) is 0 Å². The molecule has 2 aliphatic rings. The first-order chi connectivity index (χ1) is 7.98. The molecule has 0 heterocycles. The van der Waals surface area contributed by atoms with E-state index in [1.807, 2.05) is 0 Å². The lowest BCUT2D eigenvalue weighted by atomic mass is 9.57. The molecule has 2 fully saturated rings. The molecule has 0 aromatic carbocycles. The first kappa shape index (κ1) is 12.9. The third-order valence-corrected chi connectivity index (χ3v) is 5.85. The summed E-state index contributed by atoms with van der Waals surface area (Å²) in [5.41, 5.74) is -0.0152. The molecule has 0 aromatic rings. The van der Waals surface area contributed by atoms with Crippen LogP contribution >= 0.6 is 0 Å². The lowest BCUT2D eigenvalue weighted by Gasteiger charge is -2.47. The molecule has 0 radical (unpaired) electrons. The quantitative estimate of drug-likeness (QED) is 0.796. The number of nitriles is 1. The molecule has 2 nitrogen and oxygen atoms in total. The Bertz CT molecular complexity index is 334. The van der Waals surface area contributed by atoms with Gasteiger partial charge in [-0.05, 0) is 56.3 Å². The summed E-state index contributed by atoms with van der Waals surface area (Å²) in [5.74, 6) is 0.894. The number of aliphatic hydroxyl groups is 1. The molecule has 0 aliphatic heterocycles. The number of rotatable bonds is 2. The van der Waals surface area contributed by atoms with Gasteiger partial charge in [0.05, 0.1) is 17.6 Å². The van der Waals surface area contributed by atoms with E-state index in [1.54, 1.807) is 0 Å². The van der Waals surface area contributed by atoms with Crippen molar-refractivity contribution in [1.82, 2.24) is 0 Å². The summed E-state index contributed by atoms with van der Waals surface area (Å²) in [4.78, 5) is 0. The van der Waals surface area contributed by atoms with Crippen molar-refractivity contribution >= 4 is 0 Å². The van der Waals surface area contributed by atoms with Crippen molar-refractivity contribution in [2.75, 3.05) is 0 Å². The summed E-state index contributed by atoms with van der Waals surface area (Å²) in [6.45, 7) is 6.56. The van der Waals surface area contributed by atoms with E-state index in [-0.39, 0.29) is 16.9 Å². The molecule has 2 aliphatic carbocycles. The monoisotopic (exact) mass is 235 g/mol. The predicted octanol–water partition coefficient (Wildman–Crippen LogP) is 3.50. The van der Waals surface area contributed by atoms with Crippen LogP contribution in [0.1, 0.15) is 59.3 Å². The minimum Gasteiger partial charge on any atom is -0.393 e. The van der Waals surface area contributed by atoms with Gasteiger partial charge in [0, 0.05) is 0 Å². The van der Waals surface area contributed by atoms with E-state index in [9.17, 15) is 10.4 Å². The SMILES string of the molecule is CC[C@](C)(C#N)C1CCC2[C@@H](O)CCC[C@@]21C. The standard InChI is InChI=1S/C15H25NO/c1-4-14(2,10-16)13-8-7-11-12(17)6-5-9-15(11,13)3/h11-13,17H,4-9H2,1-3H3/t11?,12-,13?,14+,15-/m0/s1. The van der Waals surface area contributed by atoms with Crippen LogP contribution in [0, 0.1) is 34.0 Å². The van der Waals surface area contributed by atoms with Crippen molar-refractivity contribution < 1.29 is 5.11 Å². The Morgan fingerprint density at radius 3 is 2.71 bits per heavy atom. The predicted molar refractivity (Wildman–Crippen MR) is 68.2 cm³/mol. The van der Waals surface area contributed by atoms with Crippen LogP contribution in [0.2, 0.25) is 0 Å². The fourth-order valence-corrected chi connectivity index (χ4v) is 4.60. The minimum absolute atomic E-state index is 0.126.